The topological polar surface area (TPSA) is 47.9 Å². The van der Waals surface area contributed by atoms with E-state index in [1.807, 2.05) is 4.90 Å². The average molecular weight is 296 g/mol. The first-order chi connectivity index (χ1) is 10.8. The van der Waals surface area contributed by atoms with Gasteiger partial charge in [0, 0.05) is 31.8 Å². The van der Waals surface area contributed by atoms with E-state index in [1.165, 1.54) is 11.1 Å². The molecule has 0 saturated carbocycles. The summed E-state index contributed by atoms with van der Waals surface area (Å²) in [5.41, 5.74) is 4.64. The molecule has 1 aromatic rings. The monoisotopic (exact) mass is 296 g/mol. The Hall–Kier alpha value is -2.14. The fraction of sp³-hybridized carbons (Fsp3) is 0.412. The van der Waals surface area contributed by atoms with Crippen molar-refractivity contribution in [3.8, 4) is 0 Å². The maximum Gasteiger partial charge on any atom is 0.259 e. The van der Waals surface area contributed by atoms with Crippen molar-refractivity contribution in [1.82, 2.24) is 15.1 Å². The minimum atomic E-state index is 0.138. The number of guanidine groups is 1. The van der Waals surface area contributed by atoms with E-state index in [0.29, 0.717) is 19.6 Å². The molecule has 3 aliphatic rings. The Balaban J connectivity index is 1.76. The Labute approximate surface area is 130 Å². The average Bonchev–Trinajstić information content (AvgIpc) is 3.03. The quantitative estimate of drug-likeness (QED) is 0.894. The zero-order valence-corrected chi connectivity index (χ0v) is 12.8. The van der Waals surface area contributed by atoms with Crippen LogP contribution in [0.1, 0.15) is 17.5 Å². The van der Waals surface area contributed by atoms with Crippen molar-refractivity contribution in [3.05, 3.63) is 46.7 Å². The third-order valence-corrected chi connectivity index (χ3v) is 4.67. The summed E-state index contributed by atoms with van der Waals surface area (Å²) in [5.74, 6) is 0.980. The van der Waals surface area contributed by atoms with Gasteiger partial charge >= 0.3 is 0 Å². The van der Waals surface area contributed by atoms with Crippen LogP contribution in [0.25, 0.3) is 0 Å². The lowest BCUT2D eigenvalue weighted by atomic mass is 10.0. The van der Waals surface area contributed by atoms with Gasteiger partial charge in [-0.3, -0.25) is 14.7 Å². The number of nitrogens with zero attached hydrogens (tertiary/aromatic N) is 3. The number of benzene rings is 1. The Morgan fingerprint density at radius 2 is 2.18 bits per heavy atom. The molecule has 5 nitrogen and oxygen atoms in total. The fourth-order valence-corrected chi connectivity index (χ4v) is 3.44. The number of hydrogen-bond acceptors (Lipinski definition) is 4. The maximum absolute atomic E-state index is 12.6. The number of aryl methyl sites for hydroxylation is 1. The van der Waals surface area contributed by atoms with E-state index >= 15 is 0 Å². The molecule has 0 atom stereocenters. The van der Waals surface area contributed by atoms with Gasteiger partial charge in [-0.25, -0.2) is 0 Å². The van der Waals surface area contributed by atoms with Gasteiger partial charge < -0.3 is 10.2 Å². The summed E-state index contributed by atoms with van der Waals surface area (Å²) >= 11 is 0. The lowest BCUT2D eigenvalue weighted by Gasteiger charge is -2.40. The largest absolute Gasteiger partial charge is 0.312 e. The molecule has 5 heteroatoms. The third-order valence-electron chi connectivity index (χ3n) is 4.67. The summed E-state index contributed by atoms with van der Waals surface area (Å²) in [5, 5.41) is 3.32. The smallest absolute Gasteiger partial charge is 0.259 e. The molecule has 0 radical (unpaired) electrons. The van der Waals surface area contributed by atoms with E-state index in [0.717, 1.165) is 36.7 Å². The van der Waals surface area contributed by atoms with Crippen molar-refractivity contribution in [2.45, 2.75) is 19.9 Å². The van der Waals surface area contributed by atoms with Crippen LogP contribution in [0.4, 0.5) is 0 Å². The molecule has 114 valence electrons. The van der Waals surface area contributed by atoms with E-state index in [2.05, 4.69) is 46.4 Å². The first-order valence-electron chi connectivity index (χ1n) is 7.87. The highest BCUT2D eigenvalue weighted by Gasteiger charge is 2.39. The molecule has 3 aliphatic heterocycles. The molecule has 0 spiro atoms. The van der Waals surface area contributed by atoms with E-state index in [9.17, 15) is 4.79 Å². The Morgan fingerprint density at radius 3 is 3.05 bits per heavy atom. The molecule has 1 N–H and O–H groups in total. The second-order valence-corrected chi connectivity index (χ2v) is 6.00. The van der Waals surface area contributed by atoms with E-state index < -0.39 is 0 Å². The molecule has 0 fully saturated rings. The van der Waals surface area contributed by atoms with E-state index in [1.54, 1.807) is 0 Å². The highest BCUT2D eigenvalue weighted by atomic mass is 16.2. The number of carbonyl (C=O) groups is 1. The van der Waals surface area contributed by atoms with Crippen LogP contribution in [0.5, 0.6) is 0 Å². The van der Waals surface area contributed by atoms with Crippen molar-refractivity contribution < 1.29 is 4.79 Å². The van der Waals surface area contributed by atoms with E-state index in [-0.39, 0.29) is 5.91 Å². The Bertz CT molecular complexity index is 692. The van der Waals surface area contributed by atoms with Gasteiger partial charge in [0.05, 0.1) is 18.7 Å². The van der Waals surface area contributed by atoms with Gasteiger partial charge in [-0.2, -0.15) is 0 Å². The number of carbonyl (C=O) groups excluding carboxylic acids is 1. The van der Waals surface area contributed by atoms with Crippen LogP contribution in [0.3, 0.4) is 0 Å². The van der Waals surface area contributed by atoms with Gasteiger partial charge in [-0.05, 0) is 18.1 Å². The standard InChI is InChI=1S/C17H20N4O/c1-12-4-2-3-5-13(12)11-21-15-6-7-18-10-14(15)16(22)20-9-8-19-17(20)21/h2-5,18H,6-11H2,1H3. The summed E-state index contributed by atoms with van der Waals surface area (Å²) < 4.78 is 0. The van der Waals surface area contributed by atoms with Crippen molar-refractivity contribution in [1.29, 1.82) is 0 Å². The summed E-state index contributed by atoms with van der Waals surface area (Å²) in [4.78, 5) is 21.3. The molecule has 0 unspecified atom stereocenters. The van der Waals surface area contributed by atoms with Crippen LogP contribution < -0.4 is 5.32 Å². The number of rotatable bonds is 2. The minimum Gasteiger partial charge on any atom is -0.312 e. The van der Waals surface area contributed by atoms with Crippen molar-refractivity contribution >= 4 is 11.9 Å². The molecule has 3 heterocycles. The van der Waals surface area contributed by atoms with Gasteiger partial charge in [0.15, 0.2) is 0 Å². The van der Waals surface area contributed by atoms with E-state index in [4.69, 9.17) is 0 Å². The predicted octanol–water partition coefficient (Wildman–Crippen LogP) is 1.26. The minimum absolute atomic E-state index is 0.138. The molecule has 4 rings (SSSR count). The number of aliphatic imine (C=N–C) groups is 1. The number of nitrogens with one attached hydrogen (secondary N) is 1. The SMILES string of the molecule is Cc1ccccc1CN1C2=NCCN2C(=O)C2=C1CCNC2. The lowest BCUT2D eigenvalue weighted by molar-refractivity contribution is -0.124. The van der Waals surface area contributed by atoms with Gasteiger partial charge in [-0.15, -0.1) is 0 Å². The molecule has 0 aliphatic carbocycles. The Morgan fingerprint density at radius 1 is 1.32 bits per heavy atom. The second-order valence-electron chi connectivity index (χ2n) is 6.00. The van der Waals surface area contributed by atoms with Crippen LogP contribution in [0, 0.1) is 6.92 Å². The highest BCUT2D eigenvalue weighted by Crippen LogP contribution is 2.30. The molecule has 1 amide bonds. The summed E-state index contributed by atoms with van der Waals surface area (Å²) in [6.07, 6.45) is 0.889. The summed E-state index contributed by atoms with van der Waals surface area (Å²) in [6.45, 7) is 5.92. The maximum atomic E-state index is 12.6. The van der Waals surface area contributed by atoms with Crippen LogP contribution in [-0.4, -0.2) is 47.8 Å². The zero-order chi connectivity index (χ0) is 15.1. The van der Waals surface area contributed by atoms with Gasteiger partial charge in [-0.1, -0.05) is 24.3 Å². The normalized spacial score (nSPS) is 21.0. The van der Waals surface area contributed by atoms with Gasteiger partial charge in [0.2, 0.25) is 5.96 Å². The van der Waals surface area contributed by atoms with Crippen LogP contribution in [0.2, 0.25) is 0 Å². The van der Waals surface area contributed by atoms with Crippen LogP contribution in [0.15, 0.2) is 40.5 Å². The first kappa shape index (κ1) is 13.5. The third kappa shape index (κ3) is 2.04. The molecule has 0 saturated heterocycles. The first-order valence-corrected chi connectivity index (χ1v) is 7.87. The van der Waals surface area contributed by atoms with Crippen molar-refractivity contribution in [2.24, 2.45) is 4.99 Å². The molecule has 1 aromatic carbocycles. The molecular formula is C17H20N4O. The van der Waals surface area contributed by atoms with Gasteiger partial charge in [0.1, 0.15) is 0 Å². The summed E-state index contributed by atoms with van der Waals surface area (Å²) in [7, 11) is 0. The zero-order valence-electron chi connectivity index (χ0n) is 12.8. The predicted molar refractivity (Wildman–Crippen MR) is 85.2 cm³/mol. The number of amides is 1. The molecular weight excluding hydrogens is 276 g/mol. The van der Waals surface area contributed by atoms with Crippen LogP contribution in [-0.2, 0) is 11.3 Å². The second kappa shape index (κ2) is 5.25. The van der Waals surface area contributed by atoms with Crippen LogP contribution >= 0.6 is 0 Å². The van der Waals surface area contributed by atoms with Crippen molar-refractivity contribution in [3.63, 3.8) is 0 Å². The number of fused-ring (bicyclic) bond motifs is 1. The molecule has 22 heavy (non-hydrogen) atoms. The summed E-state index contributed by atoms with van der Waals surface area (Å²) in [6, 6.07) is 8.43. The highest BCUT2D eigenvalue weighted by molar-refractivity contribution is 6.10. The van der Waals surface area contributed by atoms with Crippen molar-refractivity contribution in [2.75, 3.05) is 26.2 Å². The Kier molecular flexibility index (Phi) is 3.22. The van der Waals surface area contributed by atoms with Gasteiger partial charge in [0.25, 0.3) is 5.91 Å². The lowest BCUT2D eigenvalue weighted by Crippen LogP contribution is -2.53. The molecule has 0 aromatic heterocycles. The number of hydrogen-bond donors (Lipinski definition) is 1. The molecule has 0 bridgehead atoms. The fourth-order valence-electron chi connectivity index (χ4n) is 3.44.